The van der Waals surface area contributed by atoms with E-state index in [9.17, 15) is 4.79 Å². The summed E-state index contributed by atoms with van der Waals surface area (Å²) in [5.74, 6) is -0.304. The third-order valence-electron chi connectivity index (χ3n) is 5.27. The normalized spacial score (nSPS) is 11.4. The largest absolute Gasteiger partial charge is 0.462 e. The topological polar surface area (TPSA) is 42.1 Å². The first kappa shape index (κ1) is 18.0. The molecule has 0 aliphatic heterocycles. The average molecular weight is 444 g/mol. The van der Waals surface area contributed by atoms with Crippen LogP contribution in [0.15, 0.2) is 77.3 Å². The Morgan fingerprint density at radius 1 is 0.931 bits per heavy atom. The number of ether oxygens (including phenoxy) is 1. The first-order chi connectivity index (χ1) is 14.2. The lowest BCUT2D eigenvalue weighted by molar-refractivity contribution is 0.0529. The lowest BCUT2D eigenvalue weighted by atomic mass is 9.89. The van der Waals surface area contributed by atoms with Gasteiger partial charge in [0.05, 0.1) is 17.7 Å². The van der Waals surface area contributed by atoms with E-state index < -0.39 is 0 Å². The Hall–Kier alpha value is -3.11. The number of halogens is 1. The summed E-state index contributed by atoms with van der Waals surface area (Å²) < 4.78 is 6.43. The maximum absolute atomic E-state index is 13.2. The number of H-pyrrole nitrogens is 1. The summed E-state index contributed by atoms with van der Waals surface area (Å²) in [5.41, 5.74) is 4.58. The van der Waals surface area contributed by atoms with Crippen LogP contribution in [0.4, 0.5) is 0 Å². The van der Waals surface area contributed by atoms with Gasteiger partial charge >= 0.3 is 5.97 Å². The molecule has 0 bridgehead atoms. The molecule has 1 N–H and O–H groups in total. The molecule has 0 saturated heterocycles. The molecule has 0 saturated carbocycles. The molecule has 4 aromatic carbocycles. The second-order valence-electron chi connectivity index (χ2n) is 6.95. The van der Waals surface area contributed by atoms with Gasteiger partial charge in [-0.2, -0.15) is 0 Å². The first-order valence-corrected chi connectivity index (χ1v) is 10.4. The van der Waals surface area contributed by atoms with Crippen molar-refractivity contribution >= 4 is 54.5 Å². The Bertz CT molecular complexity index is 1390. The van der Waals surface area contributed by atoms with Crippen molar-refractivity contribution in [1.82, 2.24) is 4.98 Å². The Morgan fingerprint density at radius 2 is 1.69 bits per heavy atom. The van der Waals surface area contributed by atoms with E-state index in [0.29, 0.717) is 12.2 Å². The van der Waals surface area contributed by atoms with Crippen molar-refractivity contribution in [3.05, 3.63) is 82.8 Å². The van der Waals surface area contributed by atoms with E-state index in [-0.39, 0.29) is 5.97 Å². The summed E-state index contributed by atoms with van der Waals surface area (Å²) >= 11 is 3.57. The van der Waals surface area contributed by atoms with Crippen LogP contribution in [-0.2, 0) is 4.74 Å². The number of esters is 1. The second kappa shape index (κ2) is 7.05. The predicted octanol–water partition coefficient (Wildman–Crippen LogP) is 7.08. The molecule has 0 aliphatic carbocycles. The molecule has 142 valence electrons. The molecule has 4 heteroatoms. The average Bonchev–Trinajstić information content (AvgIpc) is 3.12. The summed E-state index contributed by atoms with van der Waals surface area (Å²) in [4.78, 5) is 16.8. The van der Waals surface area contributed by atoms with Gasteiger partial charge in [0.2, 0.25) is 0 Å². The third-order valence-corrected chi connectivity index (χ3v) is 5.76. The molecule has 0 aliphatic rings. The van der Waals surface area contributed by atoms with Gasteiger partial charge < -0.3 is 9.72 Å². The molecule has 1 heterocycles. The number of aromatic amines is 1. The van der Waals surface area contributed by atoms with Crippen molar-refractivity contribution in [2.24, 2.45) is 0 Å². The van der Waals surface area contributed by atoms with Gasteiger partial charge in [0.25, 0.3) is 0 Å². The quantitative estimate of drug-likeness (QED) is 0.302. The summed E-state index contributed by atoms with van der Waals surface area (Å²) in [7, 11) is 0. The number of carbonyl (C=O) groups is 1. The highest BCUT2D eigenvalue weighted by atomic mass is 79.9. The van der Waals surface area contributed by atoms with Crippen LogP contribution in [-0.4, -0.2) is 17.6 Å². The van der Waals surface area contributed by atoms with E-state index in [1.165, 1.54) is 0 Å². The Labute approximate surface area is 176 Å². The number of hydrogen-bond donors (Lipinski definition) is 1. The van der Waals surface area contributed by atoms with E-state index in [0.717, 1.165) is 48.2 Å². The van der Waals surface area contributed by atoms with Crippen LogP contribution in [0.1, 0.15) is 17.3 Å². The Balaban J connectivity index is 2.08. The molecule has 0 amide bonds. The molecule has 5 rings (SSSR count). The van der Waals surface area contributed by atoms with Gasteiger partial charge in [0.15, 0.2) is 0 Å². The molecular formula is C25H18BrNO2. The van der Waals surface area contributed by atoms with Crippen molar-refractivity contribution in [1.29, 1.82) is 0 Å². The number of rotatable bonds is 3. The highest BCUT2D eigenvalue weighted by molar-refractivity contribution is 9.10. The Morgan fingerprint density at radius 3 is 2.48 bits per heavy atom. The molecule has 29 heavy (non-hydrogen) atoms. The van der Waals surface area contributed by atoms with E-state index >= 15 is 0 Å². The van der Waals surface area contributed by atoms with Crippen molar-refractivity contribution in [3.8, 4) is 11.1 Å². The SMILES string of the molecule is CCOC(=O)c1c(-c2ccccc2)c2c3ccccc3[nH]c2c2ccc(Br)cc12. The van der Waals surface area contributed by atoms with Crippen LogP contribution >= 0.6 is 15.9 Å². The fourth-order valence-corrected chi connectivity index (χ4v) is 4.47. The number of benzene rings is 4. The van der Waals surface area contributed by atoms with Gasteiger partial charge in [-0.05, 0) is 30.7 Å². The molecule has 0 spiro atoms. The van der Waals surface area contributed by atoms with Gasteiger partial charge in [-0.3, -0.25) is 0 Å². The molecule has 3 nitrogen and oxygen atoms in total. The van der Waals surface area contributed by atoms with Gasteiger partial charge in [-0.1, -0.05) is 70.5 Å². The van der Waals surface area contributed by atoms with Crippen molar-refractivity contribution in [2.75, 3.05) is 6.61 Å². The molecule has 0 unspecified atom stereocenters. The minimum Gasteiger partial charge on any atom is -0.462 e. The van der Waals surface area contributed by atoms with Crippen LogP contribution in [0.2, 0.25) is 0 Å². The highest BCUT2D eigenvalue weighted by Gasteiger charge is 2.24. The van der Waals surface area contributed by atoms with E-state index in [2.05, 4.69) is 39.1 Å². The number of fused-ring (bicyclic) bond motifs is 5. The monoisotopic (exact) mass is 443 g/mol. The number of nitrogens with one attached hydrogen (secondary N) is 1. The molecule has 0 fully saturated rings. The number of aromatic nitrogens is 1. The van der Waals surface area contributed by atoms with Crippen molar-refractivity contribution in [2.45, 2.75) is 6.92 Å². The maximum Gasteiger partial charge on any atom is 0.339 e. The zero-order valence-electron chi connectivity index (χ0n) is 15.8. The van der Waals surface area contributed by atoms with Crippen molar-refractivity contribution in [3.63, 3.8) is 0 Å². The lowest BCUT2D eigenvalue weighted by Gasteiger charge is -2.15. The van der Waals surface area contributed by atoms with E-state index in [4.69, 9.17) is 4.74 Å². The molecule has 0 radical (unpaired) electrons. The molecule has 0 atom stereocenters. The third kappa shape index (κ3) is 2.83. The number of hydrogen-bond acceptors (Lipinski definition) is 2. The zero-order valence-corrected chi connectivity index (χ0v) is 17.4. The molecule has 5 aromatic rings. The van der Waals surface area contributed by atoms with Crippen molar-refractivity contribution < 1.29 is 9.53 Å². The second-order valence-corrected chi connectivity index (χ2v) is 7.86. The van der Waals surface area contributed by atoms with Crippen LogP contribution in [0.5, 0.6) is 0 Å². The van der Waals surface area contributed by atoms with Gasteiger partial charge in [0, 0.05) is 37.1 Å². The number of carbonyl (C=O) groups excluding carboxylic acids is 1. The fourth-order valence-electron chi connectivity index (χ4n) is 4.11. The standard InChI is InChI=1S/C25H18BrNO2/c1-2-29-25(28)23-19-14-16(26)12-13-17(19)24-22(18-10-6-7-11-20(18)27-24)21(23)15-8-4-3-5-9-15/h3-14,27H,2H2,1H3. The smallest absolute Gasteiger partial charge is 0.339 e. The van der Waals surface area contributed by atoms with Gasteiger partial charge in [0.1, 0.15) is 0 Å². The van der Waals surface area contributed by atoms with E-state index in [1.807, 2.05) is 61.5 Å². The minimum absolute atomic E-state index is 0.304. The minimum atomic E-state index is -0.304. The van der Waals surface area contributed by atoms with Crippen LogP contribution < -0.4 is 0 Å². The lowest BCUT2D eigenvalue weighted by Crippen LogP contribution is -2.08. The summed E-state index contributed by atoms with van der Waals surface area (Å²) in [6.45, 7) is 2.16. The molecule has 1 aromatic heterocycles. The summed E-state index contributed by atoms with van der Waals surface area (Å²) in [5, 5.41) is 4.01. The number of para-hydroxylation sites is 1. The van der Waals surface area contributed by atoms with Gasteiger partial charge in [-0.15, -0.1) is 0 Å². The Kier molecular flexibility index (Phi) is 4.36. The molecular weight excluding hydrogens is 426 g/mol. The highest BCUT2D eigenvalue weighted by Crippen LogP contribution is 2.43. The summed E-state index contributed by atoms with van der Waals surface area (Å²) in [6.07, 6.45) is 0. The predicted molar refractivity (Wildman–Crippen MR) is 122 cm³/mol. The van der Waals surface area contributed by atoms with E-state index in [1.54, 1.807) is 0 Å². The first-order valence-electron chi connectivity index (χ1n) is 9.57. The maximum atomic E-state index is 13.2. The summed E-state index contributed by atoms with van der Waals surface area (Å²) in [6, 6.07) is 24.3. The van der Waals surface area contributed by atoms with Crippen LogP contribution in [0, 0.1) is 0 Å². The van der Waals surface area contributed by atoms with Crippen LogP contribution in [0.25, 0.3) is 43.7 Å². The van der Waals surface area contributed by atoms with Crippen LogP contribution in [0.3, 0.4) is 0 Å². The van der Waals surface area contributed by atoms with Gasteiger partial charge in [-0.25, -0.2) is 4.79 Å². The fraction of sp³-hybridized carbons (Fsp3) is 0.0800. The zero-order chi connectivity index (χ0) is 20.0.